The fourth-order valence-corrected chi connectivity index (χ4v) is 6.89. The van der Waals surface area contributed by atoms with Gasteiger partial charge in [-0.15, -0.1) is 11.3 Å². The molecule has 3 aromatic rings. The number of amidine groups is 1. The highest BCUT2D eigenvalue weighted by atomic mass is 32.1. The van der Waals surface area contributed by atoms with E-state index in [-0.39, 0.29) is 10.3 Å². The van der Waals surface area contributed by atoms with Crippen molar-refractivity contribution < 1.29 is 13.2 Å². The molecule has 4 heterocycles. The van der Waals surface area contributed by atoms with E-state index in [4.69, 9.17) is 0 Å². The summed E-state index contributed by atoms with van der Waals surface area (Å²) in [7, 11) is 1.69. The van der Waals surface area contributed by atoms with E-state index in [0.29, 0.717) is 22.1 Å². The number of aromatic amines is 1. The minimum absolute atomic E-state index is 0.128. The molecular weight excluding hydrogens is 497 g/mol. The molecule has 1 N–H and O–H groups in total. The van der Waals surface area contributed by atoms with Crippen LogP contribution >= 0.6 is 11.3 Å². The van der Waals surface area contributed by atoms with Gasteiger partial charge in [0.2, 0.25) is 0 Å². The molecule has 2 aliphatic rings. The number of nitriles is 1. The van der Waals surface area contributed by atoms with Gasteiger partial charge in [-0.1, -0.05) is 6.07 Å². The smallest absolute Gasteiger partial charge is 0.356 e. The second-order valence-electron chi connectivity index (χ2n) is 10.2. The minimum atomic E-state index is -4.27. The number of nitrogens with one attached hydrogen (secondary N) is 1. The van der Waals surface area contributed by atoms with Gasteiger partial charge in [0.15, 0.2) is 0 Å². The van der Waals surface area contributed by atoms with Gasteiger partial charge in [0.25, 0.3) is 0 Å². The summed E-state index contributed by atoms with van der Waals surface area (Å²) >= 11 is 1.03. The molecule has 1 aromatic carbocycles. The number of aromatic nitrogens is 1. The Morgan fingerprint density at radius 3 is 2.73 bits per heavy atom. The van der Waals surface area contributed by atoms with Crippen LogP contribution in [0.15, 0.2) is 34.3 Å². The van der Waals surface area contributed by atoms with Crippen LogP contribution in [-0.2, 0) is 13.0 Å². The molecule has 0 radical (unpaired) electrons. The van der Waals surface area contributed by atoms with E-state index in [2.05, 4.69) is 50.5 Å². The molecule has 0 aliphatic carbocycles. The predicted molar refractivity (Wildman–Crippen MR) is 142 cm³/mol. The summed E-state index contributed by atoms with van der Waals surface area (Å²) in [6.45, 7) is 10.1. The van der Waals surface area contributed by atoms with Crippen LogP contribution in [-0.4, -0.2) is 66.7 Å². The van der Waals surface area contributed by atoms with E-state index in [1.807, 2.05) is 12.1 Å². The van der Waals surface area contributed by atoms with E-state index in [0.717, 1.165) is 67.8 Å². The van der Waals surface area contributed by atoms with Gasteiger partial charge in [-0.3, -0.25) is 14.9 Å². The topological polar surface area (TPSA) is 70.8 Å². The van der Waals surface area contributed by atoms with E-state index < -0.39 is 12.6 Å². The number of aliphatic imine (C=N–C) groups is 2. The standard InChI is InChI=1S/C27H29F3N6S/c1-17-18(4-5-23-21(17)10-19(13-31)34-23)14-35-8-6-26(15-35)7-9-36(16-26)24(32-2)22-11-20(12-27(28,29)30)37-25(22)33-3/h4-5,10-11,34H,3,6-9,12,14-16H2,1-2H3/b32-24+/t26-/m1/s1. The lowest BCUT2D eigenvalue weighted by molar-refractivity contribution is -0.126. The second kappa shape index (κ2) is 9.62. The molecule has 2 saturated heterocycles. The first-order chi connectivity index (χ1) is 17.6. The molecule has 1 atom stereocenters. The second-order valence-corrected chi connectivity index (χ2v) is 11.3. The maximum Gasteiger partial charge on any atom is 0.393 e. The van der Waals surface area contributed by atoms with Crippen LogP contribution in [0.25, 0.3) is 10.9 Å². The molecule has 6 nitrogen and oxygen atoms in total. The van der Waals surface area contributed by atoms with E-state index in [9.17, 15) is 18.4 Å². The van der Waals surface area contributed by atoms with Gasteiger partial charge in [-0.05, 0) is 62.4 Å². The molecule has 194 valence electrons. The Morgan fingerprint density at radius 1 is 1.24 bits per heavy atom. The number of hydrogen-bond acceptors (Lipinski definition) is 5. The van der Waals surface area contributed by atoms with Crippen LogP contribution in [0, 0.1) is 23.7 Å². The van der Waals surface area contributed by atoms with Crippen LogP contribution in [0.5, 0.6) is 0 Å². The zero-order chi connectivity index (χ0) is 26.4. The molecule has 2 aliphatic heterocycles. The number of aryl methyl sites for hydroxylation is 1. The van der Waals surface area contributed by atoms with E-state index in [1.165, 1.54) is 11.1 Å². The first-order valence-corrected chi connectivity index (χ1v) is 13.1. The number of nitrogens with zero attached hydrogens (tertiary/aromatic N) is 5. The van der Waals surface area contributed by atoms with Gasteiger partial charge in [-0.2, -0.15) is 18.4 Å². The molecule has 5 rings (SSSR count). The Labute approximate surface area is 218 Å². The number of H-pyrrole nitrogens is 1. The summed E-state index contributed by atoms with van der Waals surface area (Å²) in [6.07, 6.45) is -3.15. The summed E-state index contributed by atoms with van der Waals surface area (Å²) in [5, 5.41) is 10.8. The molecule has 2 aromatic heterocycles. The van der Waals surface area contributed by atoms with Crippen molar-refractivity contribution in [3.8, 4) is 6.07 Å². The van der Waals surface area contributed by atoms with Crippen LogP contribution in [0.1, 0.15) is 40.1 Å². The maximum atomic E-state index is 13.0. The monoisotopic (exact) mass is 526 g/mol. The van der Waals surface area contributed by atoms with Crippen LogP contribution in [0.3, 0.4) is 0 Å². The van der Waals surface area contributed by atoms with Gasteiger partial charge < -0.3 is 9.88 Å². The molecule has 0 amide bonds. The number of halogens is 3. The van der Waals surface area contributed by atoms with Crippen LogP contribution in [0.2, 0.25) is 0 Å². The fraction of sp³-hybridized carbons (Fsp3) is 0.444. The number of likely N-dealkylation sites (tertiary alicyclic amines) is 2. The first-order valence-electron chi connectivity index (χ1n) is 12.3. The number of fused-ring (bicyclic) bond motifs is 1. The third kappa shape index (κ3) is 5.03. The molecule has 2 fully saturated rings. The number of thiophene rings is 1. The SMILES string of the molecule is C=Nc1sc(CC(F)(F)F)cc1/C(=N\C)N1CC[C@@]2(CCN(Cc3ccc4[nH]c(C#N)cc4c3C)C2)C1. The zero-order valence-electron chi connectivity index (χ0n) is 21.0. The van der Waals surface area contributed by atoms with Crippen molar-refractivity contribution in [2.75, 3.05) is 33.2 Å². The molecule has 37 heavy (non-hydrogen) atoms. The van der Waals surface area contributed by atoms with E-state index >= 15 is 0 Å². The van der Waals surface area contributed by atoms with Crippen LogP contribution in [0.4, 0.5) is 18.2 Å². The normalized spacial score (nSPS) is 20.9. The largest absolute Gasteiger partial charge is 0.393 e. The Balaban J connectivity index is 1.29. The van der Waals surface area contributed by atoms with Crippen molar-refractivity contribution in [3.63, 3.8) is 0 Å². The van der Waals surface area contributed by atoms with Crippen LogP contribution < -0.4 is 0 Å². The Hall–Kier alpha value is -3.16. The summed E-state index contributed by atoms with van der Waals surface area (Å²) in [5.74, 6) is 0.699. The van der Waals surface area contributed by atoms with Gasteiger partial charge in [-0.25, -0.2) is 0 Å². The molecule has 0 bridgehead atoms. The summed E-state index contributed by atoms with van der Waals surface area (Å²) in [5.41, 5.74) is 4.77. The third-order valence-corrected chi connectivity index (χ3v) is 8.76. The van der Waals surface area contributed by atoms with Crippen molar-refractivity contribution >= 4 is 39.8 Å². The summed E-state index contributed by atoms with van der Waals surface area (Å²) < 4.78 is 38.9. The van der Waals surface area contributed by atoms with Crippen molar-refractivity contribution in [3.05, 3.63) is 51.5 Å². The number of rotatable bonds is 5. The Bertz CT molecular complexity index is 1410. The molecule has 0 saturated carbocycles. The van der Waals surface area contributed by atoms with Crippen molar-refractivity contribution in [1.82, 2.24) is 14.8 Å². The lowest BCUT2D eigenvalue weighted by Gasteiger charge is -2.26. The van der Waals surface area contributed by atoms with Gasteiger partial charge in [0.1, 0.15) is 22.6 Å². The van der Waals surface area contributed by atoms with Gasteiger partial charge in [0.05, 0.1) is 12.0 Å². The minimum Gasteiger partial charge on any atom is -0.356 e. The molecular formula is C27H29F3N6S. The Kier molecular flexibility index (Phi) is 6.62. The highest BCUT2D eigenvalue weighted by Crippen LogP contribution is 2.42. The molecule has 10 heteroatoms. The maximum absolute atomic E-state index is 13.0. The van der Waals surface area contributed by atoms with Gasteiger partial charge >= 0.3 is 6.18 Å². The average molecular weight is 527 g/mol. The highest BCUT2D eigenvalue weighted by Gasteiger charge is 2.44. The summed E-state index contributed by atoms with van der Waals surface area (Å²) in [6, 6.07) is 9.86. The number of hydrogen-bond donors (Lipinski definition) is 1. The summed E-state index contributed by atoms with van der Waals surface area (Å²) in [4.78, 5) is 16.6. The van der Waals surface area contributed by atoms with E-state index in [1.54, 1.807) is 13.1 Å². The Morgan fingerprint density at radius 2 is 2.03 bits per heavy atom. The van der Waals surface area contributed by atoms with Crippen molar-refractivity contribution in [1.29, 1.82) is 5.26 Å². The first kappa shape index (κ1) is 25.5. The van der Waals surface area contributed by atoms with Crippen molar-refractivity contribution in [2.24, 2.45) is 15.4 Å². The third-order valence-electron chi connectivity index (χ3n) is 7.69. The van der Waals surface area contributed by atoms with Gasteiger partial charge in [0, 0.05) is 54.4 Å². The zero-order valence-corrected chi connectivity index (χ0v) is 21.8. The quantitative estimate of drug-likeness (QED) is 0.336. The fourth-order valence-electron chi connectivity index (χ4n) is 5.90. The number of benzene rings is 1. The highest BCUT2D eigenvalue weighted by molar-refractivity contribution is 7.16. The molecule has 1 spiro atoms. The van der Waals surface area contributed by atoms with Crippen molar-refractivity contribution in [2.45, 2.75) is 38.9 Å². The predicted octanol–water partition coefficient (Wildman–Crippen LogP) is 5.82. The lowest BCUT2D eigenvalue weighted by atomic mass is 9.86. The number of alkyl halides is 3. The lowest BCUT2D eigenvalue weighted by Crippen LogP contribution is -2.34. The molecule has 0 unspecified atom stereocenters. The average Bonchev–Trinajstić information content (AvgIpc) is 3.63.